The van der Waals surface area contributed by atoms with E-state index in [-0.39, 0.29) is 23.9 Å². The molecule has 0 bridgehead atoms. The van der Waals surface area contributed by atoms with E-state index in [1.54, 1.807) is 55.6 Å². The molecule has 182 valence electrons. The minimum absolute atomic E-state index is 0.0702. The summed E-state index contributed by atoms with van der Waals surface area (Å²) in [5.41, 5.74) is 1.56. The van der Waals surface area contributed by atoms with Crippen molar-refractivity contribution < 1.29 is 23.8 Å². The van der Waals surface area contributed by atoms with E-state index in [1.807, 2.05) is 0 Å². The van der Waals surface area contributed by atoms with Crippen LogP contribution in [0.3, 0.4) is 0 Å². The Bertz CT molecular complexity index is 1280. The minimum Gasteiger partial charge on any atom is -0.497 e. The Morgan fingerprint density at radius 2 is 1.83 bits per heavy atom. The number of nitrogens with one attached hydrogen (secondary N) is 1. The van der Waals surface area contributed by atoms with Gasteiger partial charge >= 0.3 is 0 Å². The number of ether oxygens (including phenoxy) is 3. The van der Waals surface area contributed by atoms with Gasteiger partial charge in [0.05, 0.1) is 35.8 Å². The largest absolute Gasteiger partial charge is 0.497 e. The van der Waals surface area contributed by atoms with Crippen molar-refractivity contribution in [1.29, 1.82) is 0 Å². The highest BCUT2D eigenvalue weighted by molar-refractivity contribution is 6.42. The van der Waals surface area contributed by atoms with E-state index in [2.05, 4.69) is 5.32 Å². The highest BCUT2D eigenvalue weighted by Crippen LogP contribution is 2.40. The molecular formula is C25H21Cl3N2O5. The molecule has 0 aliphatic carbocycles. The fraction of sp³-hybridized carbons (Fsp3) is 0.200. The number of nitrogens with zero attached hydrogens (tertiary/aromatic N) is 1. The third kappa shape index (κ3) is 5.27. The van der Waals surface area contributed by atoms with Crippen LogP contribution in [-0.4, -0.2) is 37.5 Å². The smallest absolute Gasteiger partial charge is 0.261 e. The highest BCUT2D eigenvalue weighted by atomic mass is 35.5. The summed E-state index contributed by atoms with van der Waals surface area (Å²) in [4.78, 5) is 28.4. The van der Waals surface area contributed by atoms with Crippen LogP contribution in [0.15, 0.2) is 54.6 Å². The van der Waals surface area contributed by atoms with Crippen molar-refractivity contribution in [2.75, 3.05) is 26.1 Å². The lowest BCUT2D eigenvalue weighted by molar-refractivity contribution is -0.140. The molecule has 1 unspecified atom stereocenters. The van der Waals surface area contributed by atoms with Gasteiger partial charge in [0.25, 0.3) is 11.8 Å². The van der Waals surface area contributed by atoms with E-state index < -0.39 is 17.9 Å². The maximum absolute atomic E-state index is 13.7. The van der Waals surface area contributed by atoms with Gasteiger partial charge in [0.1, 0.15) is 23.3 Å². The number of hydrogen-bond donors (Lipinski definition) is 1. The molecule has 7 nitrogen and oxygen atoms in total. The summed E-state index contributed by atoms with van der Waals surface area (Å²) in [5.74, 6) is 0.517. The van der Waals surface area contributed by atoms with E-state index in [1.165, 1.54) is 18.1 Å². The Morgan fingerprint density at radius 3 is 2.54 bits per heavy atom. The van der Waals surface area contributed by atoms with Crippen LogP contribution in [0.25, 0.3) is 0 Å². The second kappa shape index (κ2) is 10.6. The second-order valence-electron chi connectivity index (χ2n) is 7.67. The van der Waals surface area contributed by atoms with Gasteiger partial charge in [0, 0.05) is 22.9 Å². The fourth-order valence-corrected chi connectivity index (χ4v) is 4.37. The van der Waals surface area contributed by atoms with Crippen LogP contribution in [0.1, 0.15) is 17.2 Å². The zero-order valence-corrected chi connectivity index (χ0v) is 21.1. The van der Waals surface area contributed by atoms with Gasteiger partial charge in [-0.1, -0.05) is 46.9 Å². The molecule has 0 saturated heterocycles. The van der Waals surface area contributed by atoms with Gasteiger partial charge < -0.3 is 24.4 Å². The summed E-state index contributed by atoms with van der Waals surface area (Å²) >= 11 is 18.5. The van der Waals surface area contributed by atoms with Crippen LogP contribution in [0.2, 0.25) is 15.1 Å². The van der Waals surface area contributed by atoms with Crippen LogP contribution in [0, 0.1) is 0 Å². The molecule has 3 aromatic rings. The topological polar surface area (TPSA) is 77.1 Å². The number of amides is 2. The van der Waals surface area contributed by atoms with Crippen molar-refractivity contribution in [2.45, 2.75) is 12.6 Å². The number of anilines is 1. The zero-order chi connectivity index (χ0) is 25.1. The number of carbonyl (C=O) groups is 2. The molecule has 0 spiro atoms. The van der Waals surface area contributed by atoms with Gasteiger partial charge in [-0.3, -0.25) is 9.59 Å². The Morgan fingerprint density at radius 1 is 1.03 bits per heavy atom. The number of halogens is 3. The first-order valence-electron chi connectivity index (χ1n) is 10.5. The zero-order valence-electron chi connectivity index (χ0n) is 18.8. The Hall–Kier alpha value is -3.13. The maximum Gasteiger partial charge on any atom is 0.261 e. The van der Waals surface area contributed by atoms with Gasteiger partial charge in [-0.05, 0) is 36.4 Å². The SMILES string of the molecule is COc1ccc(CN2C(=O)COc3c(Cl)cccc3C2C(=O)Nc2ccc(Cl)c(Cl)c2)c(OC)c1. The third-order valence-corrected chi connectivity index (χ3v) is 6.57. The van der Waals surface area contributed by atoms with Crippen molar-refractivity contribution in [3.8, 4) is 17.2 Å². The van der Waals surface area contributed by atoms with E-state index in [0.29, 0.717) is 38.4 Å². The Labute approximate surface area is 217 Å². The van der Waals surface area contributed by atoms with E-state index in [0.717, 1.165) is 0 Å². The van der Waals surface area contributed by atoms with E-state index in [4.69, 9.17) is 49.0 Å². The quantitative estimate of drug-likeness (QED) is 0.434. The molecule has 4 rings (SSSR count). The summed E-state index contributed by atoms with van der Waals surface area (Å²) in [6, 6.07) is 14.0. The molecule has 1 aliphatic rings. The summed E-state index contributed by atoms with van der Waals surface area (Å²) < 4.78 is 16.5. The Balaban J connectivity index is 1.77. The van der Waals surface area contributed by atoms with Crippen LogP contribution < -0.4 is 19.5 Å². The number of methoxy groups -OCH3 is 2. The number of benzene rings is 3. The van der Waals surface area contributed by atoms with Crippen molar-refractivity contribution in [2.24, 2.45) is 0 Å². The first-order chi connectivity index (χ1) is 16.8. The number of fused-ring (bicyclic) bond motifs is 1. The third-order valence-electron chi connectivity index (χ3n) is 5.53. The van der Waals surface area contributed by atoms with Gasteiger partial charge in [-0.15, -0.1) is 0 Å². The lowest BCUT2D eigenvalue weighted by Gasteiger charge is -2.30. The number of rotatable bonds is 6. The first kappa shape index (κ1) is 25.0. The molecule has 0 saturated carbocycles. The van der Waals surface area contributed by atoms with E-state index >= 15 is 0 Å². The van der Waals surface area contributed by atoms with Crippen LogP contribution in [0.4, 0.5) is 5.69 Å². The van der Waals surface area contributed by atoms with Crippen molar-refractivity contribution in [3.05, 3.63) is 80.8 Å². The van der Waals surface area contributed by atoms with Crippen LogP contribution in [-0.2, 0) is 16.1 Å². The standard InChI is InChI=1S/C25H21Cl3N2O5/c1-33-16-8-6-14(21(11-16)34-2)12-30-22(31)13-35-24-17(4-3-5-19(24)27)23(30)25(32)29-15-7-9-18(26)20(28)10-15/h3-11,23H,12-13H2,1-2H3,(H,29,32). The first-order valence-corrected chi connectivity index (χ1v) is 11.6. The molecule has 0 aromatic heterocycles. The molecule has 10 heteroatoms. The minimum atomic E-state index is -1.06. The second-order valence-corrected chi connectivity index (χ2v) is 8.89. The van der Waals surface area contributed by atoms with E-state index in [9.17, 15) is 9.59 Å². The predicted molar refractivity (Wildman–Crippen MR) is 135 cm³/mol. The van der Waals surface area contributed by atoms with Crippen molar-refractivity contribution >= 4 is 52.3 Å². The summed E-state index contributed by atoms with van der Waals surface area (Å²) in [7, 11) is 3.07. The molecule has 0 radical (unpaired) electrons. The average Bonchev–Trinajstić information content (AvgIpc) is 2.99. The molecule has 0 fully saturated rings. The molecular weight excluding hydrogens is 515 g/mol. The number of hydrogen-bond acceptors (Lipinski definition) is 5. The van der Waals surface area contributed by atoms with Gasteiger partial charge in [-0.2, -0.15) is 0 Å². The van der Waals surface area contributed by atoms with Gasteiger partial charge in [0.2, 0.25) is 0 Å². The van der Waals surface area contributed by atoms with Crippen LogP contribution in [0.5, 0.6) is 17.2 Å². The van der Waals surface area contributed by atoms with Crippen molar-refractivity contribution in [3.63, 3.8) is 0 Å². The molecule has 35 heavy (non-hydrogen) atoms. The van der Waals surface area contributed by atoms with Crippen molar-refractivity contribution in [1.82, 2.24) is 4.90 Å². The molecule has 1 atom stereocenters. The summed E-state index contributed by atoms with van der Waals surface area (Å²) in [5, 5.41) is 3.76. The van der Waals surface area contributed by atoms with Crippen LogP contribution >= 0.6 is 34.8 Å². The monoisotopic (exact) mass is 534 g/mol. The lowest BCUT2D eigenvalue weighted by Crippen LogP contribution is -2.41. The van der Waals surface area contributed by atoms with Gasteiger partial charge in [-0.25, -0.2) is 0 Å². The summed E-state index contributed by atoms with van der Waals surface area (Å²) in [6.07, 6.45) is 0. The summed E-state index contributed by atoms with van der Waals surface area (Å²) in [6.45, 7) is -0.216. The van der Waals surface area contributed by atoms with Gasteiger partial charge in [0.15, 0.2) is 6.61 Å². The molecule has 1 heterocycles. The highest BCUT2D eigenvalue weighted by Gasteiger charge is 2.37. The average molecular weight is 536 g/mol. The normalized spacial score (nSPS) is 15.1. The molecule has 1 aliphatic heterocycles. The number of carbonyl (C=O) groups excluding carboxylic acids is 2. The molecule has 3 aromatic carbocycles. The Kier molecular flexibility index (Phi) is 7.60. The number of para-hydroxylation sites is 1. The molecule has 1 N–H and O–H groups in total. The molecule has 2 amide bonds. The predicted octanol–water partition coefficient (Wildman–Crippen LogP) is 5.77. The lowest BCUT2D eigenvalue weighted by atomic mass is 10.0. The maximum atomic E-state index is 13.7. The fourth-order valence-electron chi connectivity index (χ4n) is 3.83.